The molecular weight excluding hydrogens is 324 g/mol. The molecule has 0 saturated carbocycles. The number of hydrogen-bond donors (Lipinski definition) is 1. The van der Waals surface area contributed by atoms with Gasteiger partial charge in [0.1, 0.15) is 0 Å². The molecule has 2 aromatic carbocycles. The fourth-order valence-electron chi connectivity index (χ4n) is 3.16. The van der Waals surface area contributed by atoms with Crippen molar-refractivity contribution in [2.24, 2.45) is 0 Å². The van der Waals surface area contributed by atoms with Gasteiger partial charge in [0.05, 0.1) is 5.02 Å². The topological polar surface area (TPSA) is 41.6 Å². The molecule has 126 valence electrons. The summed E-state index contributed by atoms with van der Waals surface area (Å²) in [7, 11) is 3.66. The van der Waals surface area contributed by atoms with Crippen molar-refractivity contribution in [2.45, 2.75) is 12.3 Å². The van der Waals surface area contributed by atoms with Gasteiger partial charge in [0.2, 0.25) is 0 Å². The normalized spacial score (nSPS) is 17.7. The first-order valence-electron chi connectivity index (χ1n) is 8.04. The van der Waals surface area contributed by atoms with Gasteiger partial charge in [-0.15, -0.1) is 0 Å². The number of ether oxygens (including phenoxy) is 1. The van der Waals surface area contributed by atoms with Gasteiger partial charge >= 0.3 is 6.09 Å². The van der Waals surface area contributed by atoms with E-state index in [2.05, 4.69) is 41.5 Å². The second-order valence-electron chi connectivity index (χ2n) is 6.10. The number of nitrogens with one attached hydrogen (secondary N) is 1. The molecule has 0 aliphatic carbocycles. The molecule has 2 aromatic rings. The maximum atomic E-state index is 11.6. The van der Waals surface area contributed by atoms with E-state index in [1.165, 1.54) is 23.7 Å². The summed E-state index contributed by atoms with van der Waals surface area (Å²) < 4.78 is 5.32. The molecule has 1 aliphatic heterocycles. The Hall–Kier alpha value is -2.04. The van der Waals surface area contributed by atoms with Gasteiger partial charge < -0.3 is 15.0 Å². The highest BCUT2D eigenvalue weighted by Crippen LogP contribution is 2.37. The third kappa shape index (κ3) is 3.55. The summed E-state index contributed by atoms with van der Waals surface area (Å²) in [6, 6.07) is 14.3. The first-order chi connectivity index (χ1) is 11.6. The van der Waals surface area contributed by atoms with Gasteiger partial charge in [-0.3, -0.25) is 0 Å². The lowest BCUT2D eigenvalue weighted by Crippen LogP contribution is -2.24. The van der Waals surface area contributed by atoms with E-state index < -0.39 is 6.09 Å². The van der Waals surface area contributed by atoms with E-state index in [-0.39, 0.29) is 5.92 Å². The van der Waals surface area contributed by atoms with Gasteiger partial charge in [-0.1, -0.05) is 41.9 Å². The van der Waals surface area contributed by atoms with E-state index >= 15 is 0 Å². The molecule has 1 aliphatic rings. The second-order valence-corrected chi connectivity index (χ2v) is 6.50. The van der Waals surface area contributed by atoms with Crippen molar-refractivity contribution in [1.82, 2.24) is 10.2 Å². The Labute approximate surface area is 147 Å². The average Bonchev–Trinajstić information content (AvgIpc) is 2.75. The Morgan fingerprint density at radius 1 is 1.29 bits per heavy atom. The zero-order chi connectivity index (χ0) is 17.1. The standard InChI is InChI=1S/C19H21ClN2O2/c1-21-19(23)24-18-11-15-14(10-17(18)20)8-9-22(2)12-16(15)13-6-4-3-5-7-13/h3-7,10-11,16H,8-9,12H2,1-2H3,(H,21,23)/t16-/m0/s1. The maximum Gasteiger partial charge on any atom is 0.412 e. The van der Waals surface area contributed by atoms with Crippen LogP contribution in [-0.4, -0.2) is 38.2 Å². The predicted molar refractivity (Wildman–Crippen MR) is 96.0 cm³/mol. The van der Waals surface area contributed by atoms with Gasteiger partial charge in [0.25, 0.3) is 0 Å². The number of likely N-dealkylation sites (N-methyl/N-ethyl adjacent to an activating group) is 1. The maximum absolute atomic E-state index is 11.6. The highest BCUT2D eigenvalue weighted by atomic mass is 35.5. The lowest BCUT2D eigenvalue weighted by atomic mass is 9.88. The molecule has 1 N–H and O–H groups in total. The van der Waals surface area contributed by atoms with Crippen LogP contribution in [0, 0.1) is 0 Å². The minimum Gasteiger partial charge on any atom is -0.409 e. The fourth-order valence-corrected chi connectivity index (χ4v) is 3.39. The van der Waals surface area contributed by atoms with Crippen LogP contribution in [0.5, 0.6) is 5.75 Å². The second kappa shape index (κ2) is 7.24. The molecular formula is C19H21ClN2O2. The first-order valence-corrected chi connectivity index (χ1v) is 8.41. The van der Waals surface area contributed by atoms with Crippen LogP contribution < -0.4 is 10.1 Å². The zero-order valence-corrected chi connectivity index (χ0v) is 14.6. The van der Waals surface area contributed by atoms with Crippen LogP contribution in [0.15, 0.2) is 42.5 Å². The van der Waals surface area contributed by atoms with Gasteiger partial charge in [0, 0.05) is 26.1 Å². The molecule has 3 rings (SSSR count). The monoisotopic (exact) mass is 344 g/mol. The average molecular weight is 345 g/mol. The van der Waals surface area contributed by atoms with Crippen LogP contribution in [0.1, 0.15) is 22.6 Å². The molecule has 0 radical (unpaired) electrons. The highest BCUT2D eigenvalue weighted by Gasteiger charge is 2.25. The number of carbonyl (C=O) groups is 1. The van der Waals surface area contributed by atoms with E-state index in [9.17, 15) is 4.79 Å². The Bertz CT molecular complexity index is 734. The number of fused-ring (bicyclic) bond motifs is 1. The van der Waals surface area contributed by atoms with Crippen LogP contribution in [0.4, 0.5) is 4.79 Å². The molecule has 0 unspecified atom stereocenters. The predicted octanol–water partition coefficient (Wildman–Crippen LogP) is 3.68. The van der Waals surface area contributed by atoms with Crippen molar-refractivity contribution in [3.05, 3.63) is 64.2 Å². The Balaban J connectivity index is 2.07. The summed E-state index contributed by atoms with van der Waals surface area (Å²) in [6.07, 6.45) is 0.411. The summed E-state index contributed by atoms with van der Waals surface area (Å²) in [5, 5.41) is 2.92. The first kappa shape index (κ1) is 16.8. The number of carbonyl (C=O) groups excluding carboxylic acids is 1. The van der Waals surface area contributed by atoms with Crippen molar-refractivity contribution >= 4 is 17.7 Å². The number of hydrogen-bond acceptors (Lipinski definition) is 3. The molecule has 24 heavy (non-hydrogen) atoms. The van der Waals surface area contributed by atoms with Crippen LogP contribution in [0.3, 0.4) is 0 Å². The van der Waals surface area contributed by atoms with Crippen LogP contribution >= 0.6 is 11.6 Å². The van der Waals surface area contributed by atoms with Crippen molar-refractivity contribution in [2.75, 3.05) is 27.2 Å². The molecule has 0 aromatic heterocycles. The van der Waals surface area contributed by atoms with E-state index in [1.54, 1.807) is 0 Å². The lowest BCUT2D eigenvalue weighted by molar-refractivity contribution is 0.203. The fraction of sp³-hybridized carbons (Fsp3) is 0.316. The van der Waals surface area contributed by atoms with Crippen molar-refractivity contribution in [3.8, 4) is 5.75 Å². The molecule has 0 spiro atoms. The third-order valence-electron chi connectivity index (χ3n) is 4.43. The van der Waals surface area contributed by atoms with Gasteiger partial charge in [-0.05, 0) is 42.3 Å². The van der Waals surface area contributed by atoms with E-state index in [0.29, 0.717) is 10.8 Å². The highest BCUT2D eigenvalue weighted by molar-refractivity contribution is 6.32. The number of halogens is 1. The molecule has 5 heteroatoms. The largest absolute Gasteiger partial charge is 0.412 e. The molecule has 1 heterocycles. The molecule has 1 amide bonds. The van der Waals surface area contributed by atoms with Crippen LogP contribution in [-0.2, 0) is 6.42 Å². The summed E-state index contributed by atoms with van der Waals surface area (Å²) in [4.78, 5) is 13.9. The van der Waals surface area contributed by atoms with E-state index in [1.807, 2.05) is 18.2 Å². The molecule has 0 fully saturated rings. The molecule has 0 saturated heterocycles. The van der Waals surface area contributed by atoms with Gasteiger partial charge in [-0.25, -0.2) is 4.79 Å². The summed E-state index contributed by atoms with van der Waals surface area (Å²) in [5.74, 6) is 0.623. The Morgan fingerprint density at radius 2 is 2.04 bits per heavy atom. The molecule has 1 atom stereocenters. The number of rotatable bonds is 2. The third-order valence-corrected chi connectivity index (χ3v) is 4.73. The number of nitrogens with zero attached hydrogens (tertiary/aromatic N) is 1. The van der Waals surface area contributed by atoms with Crippen molar-refractivity contribution < 1.29 is 9.53 Å². The number of amides is 1. The minimum absolute atomic E-state index is 0.220. The molecule has 0 bridgehead atoms. The van der Waals surface area contributed by atoms with Crippen LogP contribution in [0.25, 0.3) is 0 Å². The molecule has 4 nitrogen and oxygen atoms in total. The number of benzene rings is 2. The summed E-state index contributed by atoms with van der Waals surface area (Å²) >= 11 is 6.33. The summed E-state index contributed by atoms with van der Waals surface area (Å²) in [5.41, 5.74) is 3.64. The minimum atomic E-state index is -0.515. The smallest absolute Gasteiger partial charge is 0.409 e. The van der Waals surface area contributed by atoms with Crippen molar-refractivity contribution in [3.63, 3.8) is 0 Å². The zero-order valence-electron chi connectivity index (χ0n) is 13.9. The van der Waals surface area contributed by atoms with Crippen LogP contribution in [0.2, 0.25) is 5.02 Å². The summed E-state index contributed by atoms with van der Waals surface area (Å²) in [6.45, 7) is 1.89. The Kier molecular flexibility index (Phi) is 5.07. The lowest BCUT2D eigenvalue weighted by Gasteiger charge is -2.22. The van der Waals surface area contributed by atoms with Gasteiger partial charge in [0.15, 0.2) is 5.75 Å². The van der Waals surface area contributed by atoms with Gasteiger partial charge in [-0.2, -0.15) is 0 Å². The van der Waals surface area contributed by atoms with Crippen molar-refractivity contribution in [1.29, 1.82) is 0 Å². The SMILES string of the molecule is CNC(=O)Oc1cc2c(cc1Cl)CCN(C)C[C@H]2c1ccccc1. The van der Waals surface area contributed by atoms with E-state index in [4.69, 9.17) is 16.3 Å². The quantitative estimate of drug-likeness (QED) is 0.903. The Morgan fingerprint density at radius 3 is 2.75 bits per heavy atom. The van der Waals surface area contributed by atoms with E-state index in [0.717, 1.165) is 19.5 Å².